The molecule has 149 heavy (non-hydrogen) atoms. The van der Waals surface area contributed by atoms with Gasteiger partial charge in [-0.2, -0.15) is 0 Å². The number of amides is 1. The van der Waals surface area contributed by atoms with E-state index in [1.165, 1.54) is 37.5 Å². The van der Waals surface area contributed by atoms with Crippen molar-refractivity contribution in [2.75, 3.05) is 237 Å². The average molecular weight is 2110 g/mol. The fourth-order valence-corrected chi connectivity index (χ4v) is 16.0. The topological polar surface area (TPSA) is 359 Å². The predicted molar refractivity (Wildman–Crippen MR) is 568 cm³/mol. The first kappa shape index (κ1) is 124. The third-order valence-electron chi connectivity index (χ3n) is 22.3. The first-order valence-corrected chi connectivity index (χ1v) is 54.4. The summed E-state index contributed by atoms with van der Waals surface area (Å²) < 4.78 is 170. The van der Waals surface area contributed by atoms with Gasteiger partial charge in [-0.3, -0.25) is 14.7 Å². The smallest absolute Gasteiger partial charge is 0.407 e. The molecular formula is C114H165N2O32P. The van der Waals surface area contributed by atoms with Gasteiger partial charge in [-0.1, -0.05) is 126 Å². The molecule has 0 spiro atoms. The van der Waals surface area contributed by atoms with Crippen LogP contribution in [0.15, 0.2) is 146 Å². The quantitative estimate of drug-likeness (QED) is 0.0155. The van der Waals surface area contributed by atoms with Crippen LogP contribution < -0.4 is 52.7 Å². The summed E-state index contributed by atoms with van der Waals surface area (Å²) >= 11 is 0. The molecule has 0 heterocycles. The van der Waals surface area contributed by atoms with Crippen LogP contribution in [0, 0.1) is 44.7 Å². The van der Waals surface area contributed by atoms with E-state index in [0.29, 0.717) is 245 Å². The van der Waals surface area contributed by atoms with Crippen molar-refractivity contribution in [3.63, 3.8) is 0 Å². The van der Waals surface area contributed by atoms with Crippen LogP contribution in [0.5, 0.6) is 57.5 Å². The van der Waals surface area contributed by atoms with Crippen molar-refractivity contribution in [2.45, 2.75) is 192 Å². The molecule has 0 bridgehead atoms. The minimum atomic E-state index is -3.56. The van der Waals surface area contributed by atoms with E-state index in [1.54, 1.807) is 6.92 Å². The number of hydrogen-bond acceptors (Lipinski definition) is 31. The van der Waals surface area contributed by atoms with E-state index in [4.69, 9.17) is 128 Å². The van der Waals surface area contributed by atoms with Gasteiger partial charge in [0.1, 0.15) is 110 Å². The molecule has 0 aliphatic carbocycles. The fourth-order valence-electron chi connectivity index (χ4n) is 15.1. The van der Waals surface area contributed by atoms with E-state index in [0.717, 1.165) is 136 Å². The van der Waals surface area contributed by atoms with Gasteiger partial charge in [0, 0.05) is 30.8 Å². The van der Waals surface area contributed by atoms with Crippen molar-refractivity contribution >= 4 is 19.4 Å². The molecule has 8 aromatic rings. The van der Waals surface area contributed by atoms with Gasteiger partial charge in [-0.25, -0.2) is 4.79 Å². The lowest BCUT2D eigenvalue weighted by atomic mass is 10.1. The van der Waals surface area contributed by atoms with Crippen molar-refractivity contribution in [1.82, 2.24) is 5.32 Å². The monoisotopic (exact) mass is 2110 g/mol. The van der Waals surface area contributed by atoms with Gasteiger partial charge in [-0.15, -0.1) is 0 Å². The summed E-state index contributed by atoms with van der Waals surface area (Å²) in [6.07, 6.45) is 12.4. The fraction of sp³-hybridized carbons (Fsp3) is 0.570. The zero-order valence-electron chi connectivity index (χ0n) is 89.5. The van der Waals surface area contributed by atoms with Crippen molar-refractivity contribution < 1.29 is 147 Å². The van der Waals surface area contributed by atoms with Crippen LogP contribution in [0.25, 0.3) is 0 Å². The maximum absolute atomic E-state index is 13.1. The van der Waals surface area contributed by atoms with E-state index in [2.05, 4.69) is 115 Å². The number of hydrogen-bond donors (Lipinski definition) is 2. The molecule has 2 N–H and O–H groups in total. The molecule has 8 aromatic carbocycles. The molecule has 0 radical (unpaired) electrons. The molecule has 8 rings (SSSR count). The van der Waals surface area contributed by atoms with Crippen LogP contribution in [0.1, 0.15) is 177 Å². The van der Waals surface area contributed by atoms with Gasteiger partial charge in [0.25, 0.3) is 5.69 Å². The summed E-state index contributed by atoms with van der Waals surface area (Å²) in [6.45, 7) is 33.3. The Morgan fingerprint density at radius 2 is 0.517 bits per heavy atom. The van der Waals surface area contributed by atoms with Gasteiger partial charge in [0.05, 0.1) is 241 Å². The second kappa shape index (κ2) is 78.2. The van der Waals surface area contributed by atoms with Gasteiger partial charge < -0.3 is 138 Å². The zero-order valence-corrected chi connectivity index (χ0v) is 90.3. The number of benzene rings is 8. The zero-order chi connectivity index (χ0) is 106. The number of carbonyl (C=O) groups is 1. The molecule has 1 unspecified atom stereocenters. The second-order valence-corrected chi connectivity index (χ2v) is 37.6. The Morgan fingerprint density at radius 1 is 0.275 bits per heavy atom. The lowest BCUT2D eigenvalue weighted by molar-refractivity contribution is -0.385. The standard InChI is InChI=1S/C114H165N2O32P/c1-10-14-17-20-26-137-104-66-92(7)63-96(69-104)83-142-108-75-100(74-107(79-108)141-82-95-61-90(5)60-91(6)62-95)87-145-111-72-99(73-112(81-111)146-88-101-76-109(143-84-97-64-93(8)67-105(70-97)138-27-21-18-15-11-2)80-110(77-101)144-85-98-65-94(9)68-106(71-98)139-28-22-19-16-12-3)86-140-103-23-24-113(116(118)119)102(78-103)89-147-114(117)115-25-29-122-30-31-123-32-33-124-34-35-125-36-37-126-38-39-127-40-41-128-42-43-129-44-45-130-46-47-131-48-49-132-50-51-133-52-53-134-54-55-135-56-57-136-58-59-149(120,121)148-13-4/h23-24,60-81H,10-22,25-59,82-89H2,1-9H3,(H,115,117)(H,120,121). The minimum Gasteiger partial charge on any atom is -0.494 e. The highest BCUT2D eigenvalue weighted by atomic mass is 31.2. The molecule has 0 aliphatic rings. The molecule has 0 saturated heterocycles. The molecule has 0 aromatic heterocycles. The van der Waals surface area contributed by atoms with Gasteiger partial charge in [0.2, 0.25) is 0 Å². The number of nitrogens with one attached hydrogen (secondary N) is 1. The van der Waals surface area contributed by atoms with E-state index < -0.39 is 25.2 Å². The van der Waals surface area contributed by atoms with Crippen LogP contribution in [-0.4, -0.2) is 253 Å². The van der Waals surface area contributed by atoms with E-state index >= 15 is 0 Å². The number of carbonyl (C=O) groups excluding carboxylic acids is 1. The molecule has 0 saturated carbocycles. The van der Waals surface area contributed by atoms with E-state index in [9.17, 15) is 24.4 Å². The van der Waals surface area contributed by atoms with Crippen LogP contribution in [0.2, 0.25) is 0 Å². The third-order valence-corrected chi connectivity index (χ3v) is 23.7. The summed E-state index contributed by atoms with van der Waals surface area (Å²) in [7, 11) is -3.56. The number of nitrogens with zero attached hydrogens (tertiary/aromatic N) is 1. The molecule has 35 heteroatoms. The highest BCUT2D eigenvalue weighted by Gasteiger charge is 2.21. The van der Waals surface area contributed by atoms with Crippen LogP contribution in [-0.2, 0) is 138 Å². The summed E-state index contributed by atoms with van der Waals surface area (Å²) in [5, 5.41) is 15.1. The largest absolute Gasteiger partial charge is 0.494 e. The highest BCUT2D eigenvalue weighted by molar-refractivity contribution is 7.52. The Bertz CT molecular complexity index is 4890. The lowest BCUT2D eigenvalue weighted by Gasteiger charge is -2.17. The van der Waals surface area contributed by atoms with Crippen molar-refractivity contribution in [3.8, 4) is 57.5 Å². The van der Waals surface area contributed by atoms with Gasteiger partial charge >= 0.3 is 13.7 Å². The Labute approximate surface area is 882 Å². The molecule has 828 valence electrons. The molecule has 34 nitrogen and oxygen atoms in total. The van der Waals surface area contributed by atoms with Crippen LogP contribution >= 0.6 is 7.60 Å². The van der Waals surface area contributed by atoms with Crippen molar-refractivity contribution in [3.05, 3.63) is 228 Å². The molecule has 1 atom stereocenters. The number of rotatable bonds is 92. The first-order chi connectivity index (χ1) is 72.8. The summed E-state index contributed by atoms with van der Waals surface area (Å²) in [5.41, 5.74) is 11.3. The molecular weight excluding hydrogens is 1940 g/mol. The number of aryl methyl sites for hydroxylation is 5. The number of nitro groups is 1. The summed E-state index contributed by atoms with van der Waals surface area (Å²) in [5.74, 6) is 5.86. The van der Waals surface area contributed by atoms with Crippen LogP contribution in [0.3, 0.4) is 0 Å². The van der Waals surface area contributed by atoms with Crippen LogP contribution in [0.4, 0.5) is 10.5 Å². The van der Waals surface area contributed by atoms with E-state index in [1.807, 2.05) is 72.8 Å². The maximum Gasteiger partial charge on any atom is 0.407 e. The predicted octanol–water partition coefficient (Wildman–Crippen LogP) is 20.8. The highest BCUT2D eigenvalue weighted by Crippen LogP contribution is 2.41. The Kier molecular flexibility index (Phi) is 65.1. The van der Waals surface area contributed by atoms with Gasteiger partial charge in [0.15, 0.2) is 0 Å². The number of unbranched alkanes of at least 4 members (excludes halogenated alkanes) is 9. The number of nitro benzene ring substituents is 1. The summed E-state index contributed by atoms with van der Waals surface area (Å²) in [4.78, 5) is 34.5. The third kappa shape index (κ3) is 59.0. The molecule has 1 amide bonds. The van der Waals surface area contributed by atoms with Crippen molar-refractivity contribution in [2.24, 2.45) is 0 Å². The van der Waals surface area contributed by atoms with E-state index in [-0.39, 0.29) is 95.8 Å². The minimum absolute atomic E-state index is 0.0477. The second-order valence-electron chi connectivity index (χ2n) is 35.7. The Morgan fingerprint density at radius 3 is 0.785 bits per heavy atom. The molecule has 0 aliphatic heterocycles. The lowest BCUT2D eigenvalue weighted by Crippen LogP contribution is -2.28. The number of alkyl carbamates (subject to hydrolysis) is 1. The number of ether oxygens (including phenoxy) is 26. The average Bonchev–Trinajstić information content (AvgIpc) is 0.836. The Hall–Kier alpha value is -10.0. The van der Waals surface area contributed by atoms with Gasteiger partial charge in [-0.05, 0) is 201 Å². The van der Waals surface area contributed by atoms with Crippen molar-refractivity contribution in [1.29, 1.82) is 0 Å². The molecule has 0 fully saturated rings. The normalized spacial score (nSPS) is 11.8. The SMILES string of the molecule is CCCCCCOc1cc(C)cc(COc2cc(COc3cc(COc4ccc([N+](=O)[O-])c(COC(=O)NCCOCCOCCOCCOCCOCCOCCOCCOCCOCCOCCOCCOCCOCCOCCOCCP(=O)(O)OCC)c4)cc(OCc4cc(OCc5cc(C)cc(OCCCCCC)c5)cc(OCc5cc(C)cc(OCCCCCC)c5)c4)c3)cc(OCc3cc(C)cc(C)c3)c2)c1. The Balaban J connectivity index is 0.746. The maximum atomic E-state index is 13.1. The first-order valence-electron chi connectivity index (χ1n) is 52.7. The summed E-state index contributed by atoms with van der Waals surface area (Å²) in [6, 6.07) is 46.3.